The number of hydrogen-bond acceptors (Lipinski definition) is 8. The molecule has 0 nitrogen and oxygen atoms in total. The molecule has 0 radical (unpaired) electrons. The Hall–Kier alpha value is 1.50. The topological polar surface area (TPSA) is 0 Å². The van der Waals surface area contributed by atoms with Crippen LogP contribution in [-0.2, 0) is 0 Å². The standard InChI is InChI=1S/C58H104S8/c1-9-17-25-33-41-59-51-49-50(53(61-43-35-27-19-11-3)56(64-46-38-30-22-14-6)55(51)63-45-37-29-21-13-5)54(62-44-36-28-20-12-4)58(66-48-40-32-24-16-8)57(65-47-39-31-23-15-7)52(49)60-42-34-26-18-10-2/h9-48H2,1-8H3. The highest BCUT2D eigenvalue weighted by Crippen LogP contribution is 2.59. The van der Waals surface area contributed by atoms with Crippen molar-refractivity contribution in [3.05, 3.63) is 0 Å². The van der Waals surface area contributed by atoms with Crippen LogP contribution in [0.5, 0.6) is 0 Å². The number of fused-ring (bicyclic) bond motifs is 1. The summed E-state index contributed by atoms with van der Waals surface area (Å²) in [6.45, 7) is 19.0. The quantitative estimate of drug-likeness (QED) is 0.0469. The minimum atomic E-state index is 1.25. The van der Waals surface area contributed by atoms with Gasteiger partial charge < -0.3 is 0 Å². The van der Waals surface area contributed by atoms with E-state index >= 15 is 0 Å². The van der Waals surface area contributed by atoms with Gasteiger partial charge in [-0.1, -0.05) is 209 Å². The molecule has 0 saturated carbocycles. The van der Waals surface area contributed by atoms with E-state index in [1.165, 1.54) is 251 Å². The van der Waals surface area contributed by atoms with E-state index in [2.05, 4.69) is 149 Å². The second-order valence-electron chi connectivity index (χ2n) is 18.7. The maximum atomic E-state index is 2.38. The van der Waals surface area contributed by atoms with Gasteiger partial charge in [0.2, 0.25) is 0 Å². The third-order valence-electron chi connectivity index (χ3n) is 12.3. The van der Waals surface area contributed by atoms with Crippen LogP contribution >= 0.6 is 94.1 Å². The first kappa shape index (κ1) is 63.6. The van der Waals surface area contributed by atoms with Gasteiger partial charge >= 0.3 is 0 Å². The highest BCUT2D eigenvalue weighted by Gasteiger charge is 2.30. The molecule has 0 aliphatic carbocycles. The molecule has 0 fully saturated rings. The summed E-state index contributed by atoms with van der Waals surface area (Å²) in [5.41, 5.74) is 0. The monoisotopic (exact) mass is 1060 g/mol. The molecule has 0 unspecified atom stereocenters. The van der Waals surface area contributed by atoms with Crippen LogP contribution < -0.4 is 0 Å². The predicted octanol–water partition coefficient (Wildman–Crippen LogP) is 24.2. The fraction of sp³-hybridized carbons (Fsp3) is 0.828. The van der Waals surface area contributed by atoms with Crippen molar-refractivity contribution in [2.24, 2.45) is 0 Å². The van der Waals surface area contributed by atoms with Gasteiger partial charge in [-0.25, -0.2) is 0 Å². The Morgan fingerprint density at radius 3 is 0.439 bits per heavy atom. The molecule has 0 atom stereocenters. The Bertz CT molecular complexity index is 1230. The van der Waals surface area contributed by atoms with Crippen LogP contribution in [0.25, 0.3) is 10.8 Å². The molecule has 8 heteroatoms. The Morgan fingerprint density at radius 1 is 0.167 bits per heavy atom. The molecule has 2 aromatic carbocycles. The number of hydrogen-bond donors (Lipinski definition) is 0. The molecule has 2 rings (SSSR count). The van der Waals surface area contributed by atoms with Crippen LogP contribution in [0.3, 0.4) is 0 Å². The van der Waals surface area contributed by atoms with Gasteiger partial charge in [-0.05, 0) is 97.4 Å². The van der Waals surface area contributed by atoms with Crippen molar-refractivity contribution in [1.82, 2.24) is 0 Å². The van der Waals surface area contributed by atoms with Gasteiger partial charge in [0.05, 0.1) is 0 Å². The summed E-state index contributed by atoms with van der Waals surface area (Å²) >= 11 is 18.4. The van der Waals surface area contributed by atoms with E-state index in [4.69, 9.17) is 0 Å². The van der Waals surface area contributed by atoms with E-state index in [1.54, 1.807) is 49.9 Å². The van der Waals surface area contributed by atoms with Crippen molar-refractivity contribution in [2.45, 2.75) is 300 Å². The highest BCUT2D eigenvalue weighted by molar-refractivity contribution is 8.06. The molecule has 2 aromatic rings. The summed E-state index contributed by atoms with van der Waals surface area (Å²) in [5, 5.41) is 3.42. The first-order valence-corrected chi connectivity index (χ1v) is 36.2. The molecule has 0 amide bonds. The van der Waals surface area contributed by atoms with Gasteiger partial charge in [0, 0.05) is 49.9 Å². The van der Waals surface area contributed by atoms with Crippen LogP contribution in [0.2, 0.25) is 0 Å². The van der Waals surface area contributed by atoms with E-state index in [0.717, 1.165) is 0 Å². The molecule has 384 valence electrons. The molecule has 0 aliphatic rings. The average molecular weight is 1060 g/mol. The first-order valence-electron chi connectivity index (χ1n) is 28.3. The minimum Gasteiger partial charge on any atom is -0.124 e. The molecule has 0 heterocycles. The predicted molar refractivity (Wildman–Crippen MR) is 323 cm³/mol. The Morgan fingerprint density at radius 2 is 0.303 bits per heavy atom. The third-order valence-corrected chi connectivity index (χ3v) is 22.6. The van der Waals surface area contributed by atoms with E-state index in [0.29, 0.717) is 0 Å². The van der Waals surface area contributed by atoms with E-state index in [9.17, 15) is 0 Å². The molecular formula is C58H104S8. The summed E-state index contributed by atoms with van der Waals surface area (Å²) in [4.78, 5) is 13.6. The number of benzene rings is 2. The van der Waals surface area contributed by atoms with Gasteiger partial charge in [-0.2, -0.15) is 0 Å². The average Bonchev–Trinajstić information content (AvgIpc) is 3.32. The van der Waals surface area contributed by atoms with Crippen molar-refractivity contribution in [1.29, 1.82) is 0 Å². The third kappa shape index (κ3) is 26.5. The fourth-order valence-electron chi connectivity index (χ4n) is 8.23. The van der Waals surface area contributed by atoms with Crippen LogP contribution in [0.15, 0.2) is 39.2 Å². The SMILES string of the molecule is CCCCCCSc1c(SCCCCCC)c(SCCCCCC)c2c(SCCCCCC)c(SCCCCCC)c(SCCCCCC)c(SCCCCCC)c2c1SCCCCCC. The van der Waals surface area contributed by atoms with Crippen molar-refractivity contribution in [3.8, 4) is 0 Å². The smallest absolute Gasteiger partial charge is 0.0362 e. The Labute approximate surface area is 447 Å². The normalized spacial score (nSPS) is 11.8. The second kappa shape index (κ2) is 45.1. The van der Waals surface area contributed by atoms with Crippen molar-refractivity contribution in [2.75, 3.05) is 46.0 Å². The largest absolute Gasteiger partial charge is 0.124 e. The highest BCUT2D eigenvalue weighted by atomic mass is 32.2. The molecule has 66 heavy (non-hydrogen) atoms. The maximum absolute atomic E-state index is 2.38. The minimum absolute atomic E-state index is 1.25. The van der Waals surface area contributed by atoms with Gasteiger partial charge in [0.15, 0.2) is 0 Å². The lowest BCUT2D eigenvalue weighted by atomic mass is 10.1. The van der Waals surface area contributed by atoms with Crippen LogP contribution in [0.1, 0.15) is 261 Å². The number of rotatable bonds is 48. The zero-order valence-electron chi connectivity index (χ0n) is 44.6. The maximum Gasteiger partial charge on any atom is 0.0362 e. The summed E-state index contributed by atoms with van der Waals surface area (Å²) in [7, 11) is 0. The zero-order chi connectivity index (χ0) is 47.7. The molecule has 0 aromatic heterocycles. The van der Waals surface area contributed by atoms with Gasteiger partial charge in [-0.3, -0.25) is 0 Å². The van der Waals surface area contributed by atoms with Gasteiger partial charge in [0.25, 0.3) is 0 Å². The fourth-order valence-corrected chi connectivity index (χ4v) is 19.3. The molecule has 0 bridgehead atoms. The van der Waals surface area contributed by atoms with Crippen LogP contribution in [0.4, 0.5) is 0 Å². The van der Waals surface area contributed by atoms with Crippen molar-refractivity contribution >= 4 is 105 Å². The van der Waals surface area contributed by atoms with Crippen molar-refractivity contribution in [3.63, 3.8) is 0 Å². The zero-order valence-corrected chi connectivity index (χ0v) is 51.1. The lowest BCUT2D eigenvalue weighted by molar-refractivity contribution is 0.704. The molecule has 0 spiro atoms. The first-order chi connectivity index (χ1) is 32.6. The Balaban J connectivity index is 3.28. The molecule has 0 aliphatic heterocycles. The lowest BCUT2D eigenvalue weighted by Crippen LogP contribution is -2.03. The summed E-state index contributed by atoms with van der Waals surface area (Å²) in [6.07, 6.45) is 43.0. The second-order valence-corrected chi connectivity index (χ2v) is 27.5. The van der Waals surface area contributed by atoms with Crippen LogP contribution in [-0.4, -0.2) is 46.0 Å². The van der Waals surface area contributed by atoms with Gasteiger partial charge in [0.1, 0.15) is 0 Å². The van der Waals surface area contributed by atoms with E-state index in [-0.39, 0.29) is 0 Å². The summed E-state index contributed by atoms with van der Waals surface area (Å²) < 4.78 is 0. The lowest BCUT2D eigenvalue weighted by Gasteiger charge is -2.28. The number of unbranched alkanes of at least 4 members (excludes halogenated alkanes) is 24. The van der Waals surface area contributed by atoms with E-state index < -0.39 is 0 Å². The van der Waals surface area contributed by atoms with Crippen molar-refractivity contribution < 1.29 is 0 Å². The van der Waals surface area contributed by atoms with Gasteiger partial charge in [-0.15, -0.1) is 94.1 Å². The summed E-state index contributed by atoms with van der Waals surface area (Å²) in [6, 6.07) is 0. The molecule has 0 N–H and O–H groups in total. The Kier molecular flexibility index (Phi) is 43.5. The van der Waals surface area contributed by atoms with E-state index in [1.807, 2.05) is 0 Å². The molecular weight excluding hydrogens is 953 g/mol. The summed E-state index contributed by atoms with van der Waals surface area (Å²) in [5.74, 6) is 9.99. The molecule has 0 saturated heterocycles. The van der Waals surface area contributed by atoms with Crippen LogP contribution in [0, 0.1) is 0 Å². The number of thioether (sulfide) groups is 8.